The summed E-state index contributed by atoms with van der Waals surface area (Å²) >= 11 is 6.01. The lowest BCUT2D eigenvalue weighted by Gasteiger charge is -2.35. The normalized spacial score (nSPS) is 14.6. The Morgan fingerprint density at radius 1 is 1.20 bits per heavy atom. The third-order valence-electron chi connectivity index (χ3n) is 5.12. The van der Waals surface area contributed by atoms with Crippen LogP contribution < -0.4 is 5.56 Å². The number of halogens is 3. The molecule has 1 N–H and O–H groups in total. The predicted molar refractivity (Wildman–Crippen MR) is 106 cm³/mol. The zero-order valence-corrected chi connectivity index (χ0v) is 16.5. The van der Waals surface area contributed by atoms with Gasteiger partial charge in [0.2, 0.25) is 0 Å². The maximum atomic E-state index is 14.7. The zero-order chi connectivity index (χ0) is 21.5. The van der Waals surface area contributed by atoms with Crippen LogP contribution >= 0.6 is 11.6 Å². The summed E-state index contributed by atoms with van der Waals surface area (Å²) in [6.45, 7) is 1.30. The Kier molecular flexibility index (Phi) is 5.08. The Hall–Kier alpha value is -3.17. The van der Waals surface area contributed by atoms with Gasteiger partial charge in [-0.15, -0.1) is 0 Å². The first-order valence-electron chi connectivity index (χ1n) is 8.96. The van der Waals surface area contributed by atoms with Crippen molar-refractivity contribution in [3.63, 3.8) is 0 Å². The summed E-state index contributed by atoms with van der Waals surface area (Å²) in [6.07, 6.45) is 3.88. The molecule has 154 valence electrons. The first-order valence-corrected chi connectivity index (χ1v) is 9.34. The highest BCUT2D eigenvalue weighted by atomic mass is 35.5. The number of hydrogen-bond acceptors (Lipinski definition) is 5. The number of fused-ring (bicyclic) bond motifs is 1. The van der Waals surface area contributed by atoms with Gasteiger partial charge in [0, 0.05) is 16.7 Å². The minimum Gasteiger partial charge on any atom is -0.381 e. The lowest BCUT2D eigenvalue weighted by Crippen LogP contribution is -2.43. The number of aromatic nitrogens is 5. The smallest absolute Gasteiger partial charge is 0.261 e. The van der Waals surface area contributed by atoms with E-state index in [9.17, 15) is 18.7 Å². The van der Waals surface area contributed by atoms with E-state index in [1.54, 1.807) is 19.1 Å². The third-order valence-corrected chi connectivity index (χ3v) is 5.36. The van der Waals surface area contributed by atoms with Gasteiger partial charge in [0.15, 0.2) is 0 Å². The van der Waals surface area contributed by atoms with E-state index in [4.69, 9.17) is 11.6 Å². The van der Waals surface area contributed by atoms with Crippen LogP contribution in [0.4, 0.5) is 8.78 Å². The Morgan fingerprint density at radius 3 is 2.70 bits per heavy atom. The van der Waals surface area contributed by atoms with E-state index in [-0.39, 0.29) is 17.5 Å². The van der Waals surface area contributed by atoms with Crippen LogP contribution in [0.3, 0.4) is 0 Å². The van der Waals surface area contributed by atoms with Crippen LogP contribution in [0.1, 0.15) is 18.5 Å². The van der Waals surface area contributed by atoms with Crippen LogP contribution in [0.2, 0.25) is 5.02 Å². The van der Waals surface area contributed by atoms with Gasteiger partial charge < -0.3 is 5.11 Å². The lowest BCUT2D eigenvalue weighted by atomic mass is 9.86. The molecule has 2 atom stereocenters. The fraction of sp³-hybridized carbons (Fsp3) is 0.200. The molecule has 0 bridgehead atoms. The molecule has 7 nitrogen and oxygen atoms in total. The van der Waals surface area contributed by atoms with Gasteiger partial charge >= 0.3 is 0 Å². The van der Waals surface area contributed by atoms with Crippen LogP contribution in [-0.2, 0) is 12.1 Å². The molecule has 10 heteroatoms. The third kappa shape index (κ3) is 3.46. The van der Waals surface area contributed by atoms with E-state index in [0.717, 1.165) is 12.1 Å². The van der Waals surface area contributed by atoms with Gasteiger partial charge in [-0.25, -0.2) is 23.4 Å². The number of hydrogen-bond donors (Lipinski definition) is 1. The minimum absolute atomic E-state index is 0.190. The molecule has 0 unspecified atom stereocenters. The van der Waals surface area contributed by atoms with E-state index in [2.05, 4.69) is 15.1 Å². The molecule has 4 rings (SSSR count). The van der Waals surface area contributed by atoms with Gasteiger partial charge in [0.1, 0.15) is 29.9 Å². The van der Waals surface area contributed by atoms with Gasteiger partial charge in [0.05, 0.1) is 29.8 Å². The number of aliphatic hydroxyl groups is 1. The largest absolute Gasteiger partial charge is 0.381 e. The van der Waals surface area contributed by atoms with Gasteiger partial charge in [0.25, 0.3) is 5.56 Å². The van der Waals surface area contributed by atoms with Crippen molar-refractivity contribution in [1.29, 1.82) is 0 Å². The van der Waals surface area contributed by atoms with Crippen molar-refractivity contribution >= 4 is 22.5 Å². The zero-order valence-electron chi connectivity index (χ0n) is 15.7. The average Bonchev–Trinajstić information content (AvgIpc) is 3.21. The van der Waals surface area contributed by atoms with Gasteiger partial charge in [-0.3, -0.25) is 9.36 Å². The van der Waals surface area contributed by atoms with Crippen LogP contribution in [0.25, 0.3) is 10.9 Å². The lowest BCUT2D eigenvalue weighted by molar-refractivity contribution is -0.0343. The standard InChI is InChI=1S/C20H16ClF2N5O2/c1-12(28-11-25-18-5-2-13(21)6-15(18)19(28)29)20(30,8-27-10-24-9-26-27)16-4-3-14(22)7-17(16)23/h2-7,9-12,30H,8H2,1H3/t12-,20-/m1/s1. The second-order valence-corrected chi connectivity index (χ2v) is 7.37. The molecule has 0 aliphatic heterocycles. The summed E-state index contributed by atoms with van der Waals surface area (Å²) in [5.41, 5.74) is -2.20. The van der Waals surface area contributed by atoms with Crippen molar-refractivity contribution in [2.75, 3.05) is 0 Å². The first-order chi connectivity index (χ1) is 14.3. The highest BCUT2D eigenvalue weighted by Crippen LogP contribution is 2.36. The monoisotopic (exact) mass is 431 g/mol. The van der Waals surface area contributed by atoms with E-state index >= 15 is 0 Å². The predicted octanol–water partition coefficient (Wildman–Crippen LogP) is 3.07. The summed E-state index contributed by atoms with van der Waals surface area (Å²) in [5.74, 6) is -1.74. The molecule has 0 fully saturated rings. The quantitative estimate of drug-likeness (QED) is 0.525. The van der Waals surface area contributed by atoms with Crippen molar-refractivity contribution in [2.24, 2.45) is 0 Å². The topological polar surface area (TPSA) is 85.8 Å². The Labute approximate surface area is 174 Å². The van der Waals surface area contributed by atoms with Crippen molar-refractivity contribution < 1.29 is 13.9 Å². The van der Waals surface area contributed by atoms with Crippen LogP contribution in [0.5, 0.6) is 0 Å². The highest BCUT2D eigenvalue weighted by molar-refractivity contribution is 6.31. The summed E-state index contributed by atoms with van der Waals surface area (Å²) < 4.78 is 30.7. The van der Waals surface area contributed by atoms with Crippen LogP contribution in [0, 0.1) is 11.6 Å². The fourth-order valence-corrected chi connectivity index (χ4v) is 3.63. The molecule has 2 aromatic heterocycles. The van der Waals surface area contributed by atoms with E-state index in [1.807, 2.05) is 0 Å². The number of benzene rings is 2. The average molecular weight is 432 g/mol. The first kappa shape index (κ1) is 20.1. The van der Waals surface area contributed by atoms with Gasteiger partial charge in [-0.1, -0.05) is 17.7 Å². The van der Waals surface area contributed by atoms with Crippen molar-refractivity contribution in [3.8, 4) is 0 Å². The molecule has 0 amide bonds. The molecule has 0 saturated carbocycles. The number of rotatable bonds is 5. The molecule has 4 aromatic rings. The second kappa shape index (κ2) is 7.58. The Morgan fingerprint density at radius 2 is 2.00 bits per heavy atom. The van der Waals surface area contributed by atoms with E-state index in [0.29, 0.717) is 16.6 Å². The maximum absolute atomic E-state index is 14.7. The maximum Gasteiger partial charge on any atom is 0.261 e. The molecule has 30 heavy (non-hydrogen) atoms. The Bertz CT molecular complexity index is 1280. The summed E-state index contributed by atoms with van der Waals surface area (Å²) in [7, 11) is 0. The van der Waals surface area contributed by atoms with E-state index < -0.39 is 28.8 Å². The summed E-state index contributed by atoms with van der Waals surface area (Å²) in [6, 6.07) is 6.55. The molecule has 0 saturated heterocycles. The van der Waals surface area contributed by atoms with Gasteiger partial charge in [-0.05, 0) is 31.2 Å². The van der Waals surface area contributed by atoms with Crippen molar-refractivity contribution in [2.45, 2.75) is 25.1 Å². The fourth-order valence-electron chi connectivity index (χ4n) is 3.46. The van der Waals surface area contributed by atoms with Crippen molar-refractivity contribution in [3.05, 3.63) is 88.0 Å². The van der Waals surface area contributed by atoms with E-state index in [1.165, 1.54) is 34.3 Å². The second-order valence-electron chi connectivity index (χ2n) is 6.94. The minimum atomic E-state index is -1.98. The summed E-state index contributed by atoms with van der Waals surface area (Å²) in [4.78, 5) is 21.2. The summed E-state index contributed by atoms with van der Waals surface area (Å²) in [5, 5.41) is 16.2. The molecule has 0 radical (unpaired) electrons. The molecule has 2 aromatic carbocycles. The van der Waals surface area contributed by atoms with Gasteiger partial charge in [-0.2, -0.15) is 5.10 Å². The molecular weight excluding hydrogens is 416 g/mol. The number of nitrogens with zero attached hydrogens (tertiary/aromatic N) is 5. The highest BCUT2D eigenvalue weighted by Gasteiger charge is 2.41. The molecule has 0 aliphatic rings. The molecule has 0 aliphatic carbocycles. The SMILES string of the molecule is C[C@@H](n1cnc2ccc(Cl)cc2c1=O)[C@](O)(Cn1cncn1)c1ccc(F)cc1F. The Balaban J connectivity index is 1.90. The molecular formula is C20H16ClF2N5O2. The van der Waals surface area contributed by atoms with Crippen LogP contribution in [0.15, 0.2) is 60.2 Å². The van der Waals surface area contributed by atoms with Crippen LogP contribution in [-0.4, -0.2) is 29.4 Å². The molecule has 0 spiro atoms. The van der Waals surface area contributed by atoms with Crippen molar-refractivity contribution in [1.82, 2.24) is 24.3 Å². The molecule has 2 heterocycles.